The van der Waals surface area contributed by atoms with Gasteiger partial charge in [-0.25, -0.2) is 0 Å². The Balaban J connectivity index is 0.00000128. The van der Waals surface area contributed by atoms with E-state index in [1.165, 1.54) is 18.4 Å². The first kappa shape index (κ1) is 13.8. The second-order valence-corrected chi connectivity index (χ2v) is 4.33. The lowest BCUT2D eigenvalue weighted by molar-refractivity contribution is -0.00000431. The van der Waals surface area contributed by atoms with Crippen LogP contribution in [0.15, 0.2) is 24.3 Å². The topological polar surface area (TPSA) is 21.3 Å². The predicted molar refractivity (Wildman–Crippen MR) is 62.1 cm³/mol. The fraction of sp³-hybridized carbons (Fsp3) is 0.500. The quantitative estimate of drug-likeness (QED) is 0.797. The van der Waals surface area contributed by atoms with Crippen LogP contribution in [0.3, 0.4) is 0 Å². The molecule has 0 bridgehead atoms. The Labute approximate surface area is 108 Å². The zero-order chi connectivity index (χ0) is 10.5. The van der Waals surface area contributed by atoms with Crippen LogP contribution in [0.4, 0.5) is 0 Å². The molecule has 0 amide bonds. The van der Waals surface area contributed by atoms with Gasteiger partial charge in [-0.05, 0) is 30.5 Å². The van der Waals surface area contributed by atoms with Gasteiger partial charge < -0.3 is 22.5 Å². The van der Waals surface area contributed by atoms with Gasteiger partial charge in [-0.2, -0.15) is 0 Å². The Bertz CT molecular complexity index is 314. The molecule has 1 saturated heterocycles. The third-order valence-corrected chi connectivity index (χ3v) is 2.85. The van der Waals surface area contributed by atoms with Crippen LogP contribution < -0.4 is 17.7 Å². The maximum atomic E-state index is 5.90. The molecular weight excluding hydrogens is 245 g/mol. The van der Waals surface area contributed by atoms with Crippen molar-refractivity contribution in [2.24, 2.45) is 0 Å². The molecule has 1 aromatic carbocycles. The molecule has 1 heterocycles. The van der Waals surface area contributed by atoms with Crippen molar-refractivity contribution >= 4 is 11.6 Å². The molecule has 1 N–H and O–H groups in total. The van der Waals surface area contributed by atoms with E-state index < -0.39 is 0 Å². The Morgan fingerprint density at radius 3 is 3.00 bits per heavy atom. The van der Waals surface area contributed by atoms with Crippen molar-refractivity contribution in [3.8, 4) is 0 Å². The minimum Gasteiger partial charge on any atom is -1.00 e. The molecule has 90 valence electrons. The highest BCUT2D eigenvalue weighted by Gasteiger charge is 2.14. The lowest BCUT2D eigenvalue weighted by Crippen LogP contribution is -3.00. The van der Waals surface area contributed by atoms with Crippen molar-refractivity contribution in [2.75, 3.05) is 13.2 Å². The molecule has 1 aromatic rings. The highest BCUT2D eigenvalue weighted by Crippen LogP contribution is 2.12. The number of halogens is 2. The molecule has 1 fully saturated rings. The lowest BCUT2D eigenvalue weighted by Gasteiger charge is -2.10. The minimum absolute atomic E-state index is 0. The monoisotopic (exact) mass is 260 g/mol. The van der Waals surface area contributed by atoms with Gasteiger partial charge in [-0.1, -0.05) is 23.7 Å². The van der Waals surface area contributed by atoms with E-state index in [0.29, 0.717) is 6.10 Å². The molecule has 0 saturated carbocycles. The second kappa shape index (κ2) is 7.13. The van der Waals surface area contributed by atoms with E-state index >= 15 is 0 Å². The van der Waals surface area contributed by atoms with E-state index in [4.69, 9.17) is 16.3 Å². The molecule has 1 atom stereocenters. The summed E-state index contributed by atoms with van der Waals surface area (Å²) in [7, 11) is 0. The molecule has 16 heavy (non-hydrogen) atoms. The summed E-state index contributed by atoms with van der Waals surface area (Å²) in [5.41, 5.74) is 1.22. The SMILES string of the molecule is Clc1cccc(CNCC2CCCO2)c1.[Cl-]. The number of ether oxygens (including phenoxy) is 1. The van der Waals surface area contributed by atoms with Gasteiger partial charge >= 0.3 is 0 Å². The molecular formula is C12H16Cl2NO-. The summed E-state index contributed by atoms with van der Waals surface area (Å²) in [4.78, 5) is 0. The molecule has 0 radical (unpaired) electrons. The van der Waals surface area contributed by atoms with Crippen LogP contribution in [-0.4, -0.2) is 19.3 Å². The lowest BCUT2D eigenvalue weighted by atomic mass is 10.2. The summed E-state index contributed by atoms with van der Waals surface area (Å²) in [6.07, 6.45) is 2.79. The van der Waals surface area contributed by atoms with Gasteiger partial charge in [-0.15, -0.1) is 0 Å². The number of hydrogen-bond donors (Lipinski definition) is 1. The third kappa shape index (κ3) is 4.30. The van der Waals surface area contributed by atoms with Crippen LogP contribution in [-0.2, 0) is 11.3 Å². The summed E-state index contributed by atoms with van der Waals surface area (Å²) in [6.45, 7) is 2.72. The zero-order valence-electron chi connectivity index (χ0n) is 9.09. The number of benzene rings is 1. The first-order valence-corrected chi connectivity index (χ1v) is 5.79. The largest absolute Gasteiger partial charge is 1.00 e. The Hall–Kier alpha value is -0.280. The third-order valence-electron chi connectivity index (χ3n) is 2.61. The second-order valence-electron chi connectivity index (χ2n) is 3.90. The van der Waals surface area contributed by atoms with Crippen LogP contribution in [0.5, 0.6) is 0 Å². The Morgan fingerprint density at radius 2 is 2.31 bits per heavy atom. The molecule has 2 nitrogen and oxygen atoms in total. The molecule has 0 aliphatic carbocycles. The van der Waals surface area contributed by atoms with Gasteiger partial charge in [-0.3, -0.25) is 0 Å². The zero-order valence-corrected chi connectivity index (χ0v) is 10.6. The van der Waals surface area contributed by atoms with Crippen molar-refractivity contribution in [3.05, 3.63) is 34.9 Å². The van der Waals surface area contributed by atoms with Crippen LogP contribution in [0.1, 0.15) is 18.4 Å². The van der Waals surface area contributed by atoms with Gasteiger partial charge in [0.05, 0.1) is 6.10 Å². The summed E-state index contributed by atoms with van der Waals surface area (Å²) < 4.78 is 5.53. The fourth-order valence-electron chi connectivity index (χ4n) is 1.83. The highest BCUT2D eigenvalue weighted by molar-refractivity contribution is 6.30. The average Bonchev–Trinajstić information content (AvgIpc) is 2.71. The Morgan fingerprint density at radius 1 is 1.44 bits per heavy atom. The van der Waals surface area contributed by atoms with E-state index in [9.17, 15) is 0 Å². The van der Waals surface area contributed by atoms with E-state index in [0.717, 1.165) is 24.7 Å². The number of rotatable bonds is 4. The van der Waals surface area contributed by atoms with Crippen molar-refractivity contribution in [1.82, 2.24) is 5.32 Å². The summed E-state index contributed by atoms with van der Waals surface area (Å²) in [5, 5.41) is 4.18. The van der Waals surface area contributed by atoms with E-state index in [1.807, 2.05) is 18.2 Å². The molecule has 0 spiro atoms. The van der Waals surface area contributed by atoms with Gasteiger partial charge in [0.2, 0.25) is 0 Å². The summed E-state index contributed by atoms with van der Waals surface area (Å²) in [6, 6.07) is 7.94. The van der Waals surface area contributed by atoms with Crippen LogP contribution in [0.25, 0.3) is 0 Å². The van der Waals surface area contributed by atoms with E-state index in [2.05, 4.69) is 11.4 Å². The maximum Gasteiger partial charge on any atom is 0.0700 e. The molecule has 2 rings (SSSR count). The first-order chi connectivity index (χ1) is 7.34. The number of nitrogens with one attached hydrogen (secondary N) is 1. The first-order valence-electron chi connectivity index (χ1n) is 5.41. The van der Waals surface area contributed by atoms with Crippen LogP contribution in [0, 0.1) is 0 Å². The van der Waals surface area contributed by atoms with Gasteiger partial charge in [0.15, 0.2) is 0 Å². The van der Waals surface area contributed by atoms with Crippen molar-refractivity contribution in [1.29, 1.82) is 0 Å². The van der Waals surface area contributed by atoms with Crippen molar-refractivity contribution in [3.63, 3.8) is 0 Å². The highest BCUT2D eigenvalue weighted by atomic mass is 35.5. The van der Waals surface area contributed by atoms with Gasteiger partial charge in [0, 0.05) is 24.7 Å². The average molecular weight is 261 g/mol. The van der Waals surface area contributed by atoms with Gasteiger partial charge in [0.1, 0.15) is 0 Å². The van der Waals surface area contributed by atoms with E-state index in [-0.39, 0.29) is 12.4 Å². The summed E-state index contributed by atoms with van der Waals surface area (Å²) >= 11 is 5.90. The standard InChI is InChI=1S/C12H16ClNO.ClH/c13-11-4-1-3-10(7-11)8-14-9-12-5-2-6-15-12;/h1,3-4,7,12,14H,2,5-6,8-9H2;1H/p-1. The maximum absolute atomic E-state index is 5.90. The van der Waals surface area contributed by atoms with Gasteiger partial charge in [0.25, 0.3) is 0 Å². The molecule has 1 aliphatic heterocycles. The number of hydrogen-bond acceptors (Lipinski definition) is 2. The summed E-state index contributed by atoms with van der Waals surface area (Å²) in [5.74, 6) is 0. The van der Waals surface area contributed by atoms with Crippen LogP contribution >= 0.6 is 11.6 Å². The normalized spacial score (nSPS) is 19.4. The smallest absolute Gasteiger partial charge is 0.0700 e. The van der Waals surface area contributed by atoms with Crippen molar-refractivity contribution < 1.29 is 17.1 Å². The van der Waals surface area contributed by atoms with E-state index in [1.54, 1.807) is 0 Å². The fourth-order valence-corrected chi connectivity index (χ4v) is 2.04. The molecule has 1 unspecified atom stereocenters. The predicted octanol–water partition coefficient (Wildman–Crippen LogP) is -0.387. The van der Waals surface area contributed by atoms with Crippen LogP contribution in [0.2, 0.25) is 5.02 Å². The molecule has 1 aliphatic rings. The Kier molecular flexibility index (Phi) is 6.14. The molecule has 0 aromatic heterocycles. The molecule has 4 heteroatoms. The minimum atomic E-state index is 0. The van der Waals surface area contributed by atoms with Crippen molar-refractivity contribution in [2.45, 2.75) is 25.5 Å².